The fraction of sp³-hybridized carbons (Fsp3) is 0.429. The van der Waals surface area contributed by atoms with Gasteiger partial charge in [-0.15, -0.1) is 0 Å². The fourth-order valence-electron chi connectivity index (χ4n) is 3.67. The van der Waals surface area contributed by atoms with Crippen molar-refractivity contribution in [1.82, 2.24) is 9.88 Å². The van der Waals surface area contributed by atoms with Crippen molar-refractivity contribution in [2.24, 2.45) is 5.92 Å². The van der Waals surface area contributed by atoms with Crippen LogP contribution < -0.4 is 10.1 Å². The molecule has 0 saturated carbocycles. The first-order valence-electron chi connectivity index (χ1n) is 9.54. The first-order valence-corrected chi connectivity index (χ1v) is 9.92. The second-order valence-electron chi connectivity index (χ2n) is 7.21. The molecule has 0 bridgehead atoms. The van der Waals surface area contributed by atoms with E-state index in [2.05, 4.69) is 10.3 Å². The van der Waals surface area contributed by atoms with Gasteiger partial charge < -0.3 is 19.9 Å². The molecule has 2 N–H and O–H groups in total. The second kappa shape index (κ2) is 9.15. The zero-order valence-corrected chi connectivity index (χ0v) is 17.0. The minimum Gasteiger partial charge on any atom is -0.495 e. The van der Waals surface area contributed by atoms with Gasteiger partial charge in [-0.2, -0.15) is 0 Å². The molecular formula is C21H26ClN3O3. The lowest BCUT2D eigenvalue weighted by atomic mass is 9.92. The molecule has 0 spiro atoms. The highest BCUT2D eigenvalue weighted by Crippen LogP contribution is 2.28. The Morgan fingerprint density at radius 3 is 2.89 bits per heavy atom. The van der Waals surface area contributed by atoms with Crippen LogP contribution in [0.4, 0.5) is 5.69 Å². The number of methoxy groups -OCH3 is 1. The van der Waals surface area contributed by atoms with E-state index in [1.54, 1.807) is 31.5 Å². The van der Waals surface area contributed by atoms with Gasteiger partial charge in [0.2, 0.25) is 5.91 Å². The van der Waals surface area contributed by atoms with Crippen molar-refractivity contribution < 1.29 is 14.3 Å². The molecule has 6 nitrogen and oxygen atoms in total. The van der Waals surface area contributed by atoms with E-state index in [4.69, 9.17) is 16.3 Å². The van der Waals surface area contributed by atoms with E-state index in [1.807, 2.05) is 17.9 Å². The number of carbonyl (C=O) groups excluding carboxylic acids is 2. The molecule has 2 heterocycles. The second-order valence-corrected chi connectivity index (χ2v) is 7.64. The zero-order chi connectivity index (χ0) is 20.1. The molecule has 2 amide bonds. The zero-order valence-electron chi connectivity index (χ0n) is 16.3. The number of aromatic nitrogens is 1. The Morgan fingerprint density at radius 2 is 2.18 bits per heavy atom. The van der Waals surface area contributed by atoms with Crippen molar-refractivity contribution in [2.45, 2.75) is 32.6 Å². The number of benzene rings is 1. The Hall–Kier alpha value is -2.47. The highest BCUT2D eigenvalue weighted by Gasteiger charge is 2.26. The van der Waals surface area contributed by atoms with Gasteiger partial charge in [0.1, 0.15) is 5.75 Å². The van der Waals surface area contributed by atoms with Crippen LogP contribution in [-0.4, -0.2) is 41.9 Å². The number of rotatable bonds is 6. The molecule has 2 aromatic rings. The maximum Gasteiger partial charge on any atom is 0.255 e. The van der Waals surface area contributed by atoms with Gasteiger partial charge in [0.15, 0.2) is 0 Å². The van der Waals surface area contributed by atoms with Gasteiger partial charge in [0.05, 0.1) is 18.4 Å². The molecule has 1 fully saturated rings. The maximum atomic E-state index is 12.7. The van der Waals surface area contributed by atoms with Crippen molar-refractivity contribution in [3.8, 4) is 5.75 Å². The minimum atomic E-state index is -0.0782. The molecule has 3 rings (SSSR count). The molecule has 1 unspecified atom stereocenters. The van der Waals surface area contributed by atoms with Crippen molar-refractivity contribution in [3.05, 3.63) is 46.7 Å². The average Bonchev–Trinajstić information content (AvgIpc) is 3.12. The van der Waals surface area contributed by atoms with Crippen molar-refractivity contribution >= 4 is 29.1 Å². The lowest BCUT2D eigenvalue weighted by molar-refractivity contribution is -0.116. The highest BCUT2D eigenvalue weighted by atomic mass is 35.5. The van der Waals surface area contributed by atoms with Crippen LogP contribution in [-0.2, 0) is 4.79 Å². The third-order valence-corrected chi connectivity index (χ3v) is 5.44. The minimum absolute atomic E-state index is 0.0663. The van der Waals surface area contributed by atoms with E-state index < -0.39 is 0 Å². The van der Waals surface area contributed by atoms with Crippen LogP contribution in [0.1, 0.15) is 41.7 Å². The number of anilines is 1. The smallest absolute Gasteiger partial charge is 0.255 e. The van der Waals surface area contributed by atoms with E-state index in [0.717, 1.165) is 37.1 Å². The molecule has 1 aliphatic heterocycles. The van der Waals surface area contributed by atoms with Crippen LogP contribution in [0.25, 0.3) is 0 Å². The maximum absolute atomic E-state index is 12.7. The van der Waals surface area contributed by atoms with Crippen LogP contribution in [0.3, 0.4) is 0 Å². The Bertz CT molecular complexity index is 849. The van der Waals surface area contributed by atoms with Gasteiger partial charge in [0, 0.05) is 36.4 Å². The molecule has 1 aromatic heterocycles. The van der Waals surface area contributed by atoms with Crippen LogP contribution in [0.2, 0.25) is 5.02 Å². The first-order chi connectivity index (χ1) is 13.5. The predicted molar refractivity (Wildman–Crippen MR) is 110 cm³/mol. The van der Waals surface area contributed by atoms with Crippen LogP contribution in [0.15, 0.2) is 30.5 Å². The number of amides is 2. The van der Waals surface area contributed by atoms with E-state index in [0.29, 0.717) is 35.3 Å². The van der Waals surface area contributed by atoms with E-state index >= 15 is 0 Å². The summed E-state index contributed by atoms with van der Waals surface area (Å²) in [6.07, 6.45) is 4.92. The van der Waals surface area contributed by atoms with Crippen LogP contribution >= 0.6 is 11.6 Å². The van der Waals surface area contributed by atoms with Gasteiger partial charge in [-0.3, -0.25) is 9.59 Å². The third-order valence-electron chi connectivity index (χ3n) is 5.21. The summed E-state index contributed by atoms with van der Waals surface area (Å²) in [6.45, 7) is 3.37. The van der Waals surface area contributed by atoms with Crippen LogP contribution in [0.5, 0.6) is 5.75 Å². The highest BCUT2D eigenvalue weighted by molar-refractivity contribution is 6.31. The SMILES string of the molecule is COc1ccc(Cl)cc1NC(=O)CCC1CCCN(C(=O)c2cc[nH]c2C)C1. The average molecular weight is 404 g/mol. The van der Waals surface area contributed by atoms with Gasteiger partial charge in [-0.25, -0.2) is 0 Å². The Morgan fingerprint density at radius 1 is 1.36 bits per heavy atom. The summed E-state index contributed by atoms with van der Waals surface area (Å²) in [5, 5.41) is 3.41. The lowest BCUT2D eigenvalue weighted by Crippen LogP contribution is -2.40. The summed E-state index contributed by atoms with van der Waals surface area (Å²) >= 11 is 6.01. The number of piperidine rings is 1. The largest absolute Gasteiger partial charge is 0.495 e. The topological polar surface area (TPSA) is 74.4 Å². The van der Waals surface area contributed by atoms with Gasteiger partial charge in [-0.1, -0.05) is 11.6 Å². The summed E-state index contributed by atoms with van der Waals surface area (Å²) in [5.74, 6) is 0.889. The molecule has 1 aliphatic rings. The number of aryl methyl sites for hydroxylation is 1. The molecule has 1 aromatic carbocycles. The Kier molecular flexibility index (Phi) is 6.62. The quantitative estimate of drug-likeness (QED) is 0.756. The summed E-state index contributed by atoms with van der Waals surface area (Å²) in [4.78, 5) is 30.1. The number of nitrogens with one attached hydrogen (secondary N) is 2. The molecule has 28 heavy (non-hydrogen) atoms. The number of hydrogen-bond acceptors (Lipinski definition) is 3. The predicted octanol–water partition coefficient (Wildman–Crippen LogP) is 4.26. The summed E-state index contributed by atoms with van der Waals surface area (Å²) < 4.78 is 5.26. The number of aromatic amines is 1. The molecule has 1 atom stereocenters. The molecular weight excluding hydrogens is 378 g/mol. The number of H-pyrrole nitrogens is 1. The number of halogens is 1. The lowest BCUT2D eigenvalue weighted by Gasteiger charge is -2.32. The van der Waals surface area contributed by atoms with Gasteiger partial charge >= 0.3 is 0 Å². The Balaban J connectivity index is 1.53. The summed E-state index contributed by atoms with van der Waals surface area (Å²) in [6, 6.07) is 6.95. The number of carbonyl (C=O) groups is 2. The molecule has 150 valence electrons. The number of likely N-dealkylation sites (tertiary alicyclic amines) is 1. The Labute approximate surface area is 170 Å². The first kappa shape index (κ1) is 20.3. The number of hydrogen-bond donors (Lipinski definition) is 2. The van der Waals surface area contributed by atoms with Crippen LogP contribution in [0, 0.1) is 12.8 Å². The van der Waals surface area contributed by atoms with Gasteiger partial charge in [0.25, 0.3) is 5.91 Å². The molecule has 0 radical (unpaired) electrons. The van der Waals surface area contributed by atoms with E-state index in [1.165, 1.54) is 0 Å². The number of ether oxygens (including phenoxy) is 1. The number of nitrogens with zero attached hydrogens (tertiary/aromatic N) is 1. The monoisotopic (exact) mass is 403 g/mol. The van der Waals surface area contributed by atoms with Crippen molar-refractivity contribution in [3.63, 3.8) is 0 Å². The van der Waals surface area contributed by atoms with E-state index in [9.17, 15) is 9.59 Å². The standard InChI is InChI=1S/C21H26ClN3O3/c1-14-17(9-10-23-14)21(27)25-11-3-4-15(13-25)5-8-20(26)24-18-12-16(22)6-7-19(18)28-2/h6-7,9-10,12,15,23H,3-5,8,11,13H2,1-2H3,(H,24,26). The molecule has 7 heteroatoms. The van der Waals surface area contributed by atoms with Gasteiger partial charge in [-0.05, 0) is 56.4 Å². The van der Waals surface area contributed by atoms with Crippen molar-refractivity contribution in [2.75, 3.05) is 25.5 Å². The van der Waals surface area contributed by atoms with E-state index in [-0.39, 0.29) is 11.8 Å². The van der Waals surface area contributed by atoms with Crippen molar-refractivity contribution in [1.29, 1.82) is 0 Å². The molecule has 0 aliphatic carbocycles. The third kappa shape index (κ3) is 4.87. The molecule has 1 saturated heterocycles. The fourth-order valence-corrected chi connectivity index (χ4v) is 3.84. The summed E-state index contributed by atoms with van der Waals surface area (Å²) in [5.41, 5.74) is 2.19. The summed E-state index contributed by atoms with van der Waals surface area (Å²) in [7, 11) is 1.55. The normalized spacial score (nSPS) is 16.7.